The van der Waals surface area contributed by atoms with Crippen LogP contribution in [-0.4, -0.2) is 13.1 Å². The Bertz CT molecular complexity index is 123. The second kappa shape index (κ2) is 4.27. The molecule has 0 spiro atoms. The van der Waals surface area contributed by atoms with Crippen LogP contribution in [0, 0.1) is 11.3 Å². The lowest BCUT2D eigenvalue weighted by atomic mass is 9.75. The maximum atomic E-state index is 3.45. The largest absolute Gasteiger partial charge is 0.316 e. The third kappa shape index (κ3) is 2.48. The fourth-order valence-electron chi connectivity index (χ4n) is 2.16. The van der Waals surface area contributed by atoms with Crippen LogP contribution in [0.2, 0.25) is 0 Å². The molecule has 0 aromatic carbocycles. The van der Waals surface area contributed by atoms with Crippen molar-refractivity contribution >= 4 is 0 Å². The van der Waals surface area contributed by atoms with Gasteiger partial charge in [-0.25, -0.2) is 0 Å². The van der Waals surface area contributed by atoms with Gasteiger partial charge in [0, 0.05) is 0 Å². The van der Waals surface area contributed by atoms with Crippen LogP contribution < -0.4 is 5.32 Å². The minimum atomic E-state index is 0.569. The first-order chi connectivity index (χ1) is 5.67. The topological polar surface area (TPSA) is 12.0 Å². The molecule has 1 aliphatic rings. The van der Waals surface area contributed by atoms with Gasteiger partial charge in [0.1, 0.15) is 0 Å². The van der Waals surface area contributed by atoms with Gasteiger partial charge >= 0.3 is 0 Å². The lowest BCUT2D eigenvalue weighted by Crippen LogP contribution is -2.25. The van der Waals surface area contributed by atoms with E-state index in [0.717, 1.165) is 5.92 Å². The molecular weight excluding hydrogens is 146 g/mol. The molecule has 1 fully saturated rings. The molecule has 0 amide bonds. The van der Waals surface area contributed by atoms with Crippen molar-refractivity contribution in [2.75, 3.05) is 13.1 Å². The molecule has 0 aliphatic carbocycles. The maximum Gasteiger partial charge on any atom is -0.00149 e. The molecule has 1 unspecified atom stereocenters. The highest BCUT2D eigenvalue weighted by molar-refractivity contribution is 4.84. The minimum absolute atomic E-state index is 0.569. The fraction of sp³-hybridized carbons (Fsp3) is 1.00. The Morgan fingerprint density at radius 3 is 2.67 bits per heavy atom. The molecule has 0 aromatic heterocycles. The van der Waals surface area contributed by atoms with Crippen molar-refractivity contribution in [3.05, 3.63) is 0 Å². The average molecular weight is 169 g/mol. The summed E-state index contributed by atoms with van der Waals surface area (Å²) in [5.74, 6) is 0.920. The zero-order chi connectivity index (χ0) is 9.03. The molecule has 12 heavy (non-hydrogen) atoms. The van der Waals surface area contributed by atoms with E-state index in [1.165, 1.54) is 38.8 Å². The number of rotatable bonds is 4. The van der Waals surface area contributed by atoms with Gasteiger partial charge in [0.25, 0.3) is 0 Å². The van der Waals surface area contributed by atoms with Crippen molar-refractivity contribution in [1.82, 2.24) is 5.32 Å². The summed E-state index contributed by atoms with van der Waals surface area (Å²) in [6, 6.07) is 0. The zero-order valence-corrected chi connectivity index (χ0v) is 8.82. The lowest BCUT2D eigenvalue weighted by molar-refractivity contribution is 0.206. The average Bonchev–Trinajstić information content (AvgIpc) is 2.53. The molecule has 72 valence electrons. The predicted molar refractivity (Wildman–Crippen MR) is 54.3 cm³/mol. The summed E-state index contributed by atoms with van der Waals surface area (Å²) < 4.78 is 0. The standard InChI is InChI=1S/C11H23N/c1-4-5-7-11(2,3)10-6-8-12-9-10/h10,12H,4-9H2,1-3H3. The Balaban J connectivity index is 2.34. The van der Waals surface area contributed by atoms with Gasteiger partial charge in [-0.15, -0.1) is 0 Å². The smallest absolute Gasteiger partial charge is 0.00149 e. The van der Waals surface area contributed by atoms with Crippen LogP contribution in [0.4, 0.5) is 0 Å². The number of hydrogen-bond acceptors (Lipinski definition) is 1. The van der Waals surface area contributed by atoms with E-state index in [0.29, 0.717) is 5.41 Å². The summed E-state index contributed by atoms with van der Waals surface area (Å²) in [6.07, 6.45) is 5.51. The van der Waals surface area contributed by atoms with Gasteiger partial charge in [-0.3, -0.25) is 0 Å². The lowest BCUT2D eigenvalue weighted by Gasteiger charge is -2.31. The Kier molecular flexibility index (Phi) is 3.57. The van der Waals surface area contributed by atoms with E-state index in [4.69, 9.17) is 0 Å². The molecule has 1 nitrogen and oxygen atoms in total. The van der Waals surface area contributed by atoms with Crippen LogP contribution in [0.15, 0.2) is 0 Å². The van der Waals surface area contributed by atoms with Crippen LogP contribution in [0.25, 0.3) is 0 Å². The quantitative estimate of drug-likeness (QED) is 0.682. The van der Waals surface area contributed by atoms with E-state index < -0.39 is 0 Å². The van der Waals surface area contributed by atoms with Crippen molar-refractivity contribution in [3.63, 3.8) is 0 Å². The zero-order valence-electron chi connectivity index (χ0n) is 8.82. The summed E-state index contributed by atoms with van der Waals surface area (Å²) in [7, 11) is 0. The highest BCUT2D eigenvalue weighted by atomic mass is 14.9. The van der Waals surface area contributed by atoms with E-state index in [1.54, 1.807) is 0 Å². The van der Waals surface area contributed by atoms with Crippen molar-refractivity contribution in [3.8, 4) is 0 Å². The Morgan fingerprint density at radius 2 is 2.17 bits per heavy atom. The highest BCUT2D eigenvalue weighted by Gasteiger charge is 2.30. The second-order valence-corrected chi connectivity index (χ2v) is 4.78. The van der Waals surface area contributed by atoms with E-state index in [9.17, 15) is 0 Å². The molecule has 0 saturated carbocycles. The molecule has 1 rings (SSSR count). The molecular formula is C11H23N. The maximum absolute atomic E-state index is 3.45. The monoisotopic (exact) mass is 169 g/mol. The molecule has 1 heterocycles. The van der Waals surface area contributed by atoms with Crippen molar-refractivity contribution in [1.29, 1.82) is 0 Å². The first-order valence-electron chi connectivity index (χ1n) is 5.37. The number of hydrogen-bond donors (Lipinski definition) is 1. The van der Waals surface area contributed by atoms with Gasteiger partial charge in [-0.05, 0) is 37.3 Å². The van der Waals surface area contributed by atoms with Gasteiger partial charge in [0.2, 0.25) is 0 Å². The van der Waals surface area contributed by atoms with Crippen LogP contribution >= 0.6 is 0 Å². The van der Waals surface area contributed by atoms with Crippen LogP contribution in [0.5, 0.6) is 0 Å². The van der Waals surface area contributed by atoms with Crippen molar-refractivity contribution in [2.45, 2.75) is 46.5 Å². The van der Waals surface area contributed by atoms with E-state index >= 15 is 0 Å². The first kappa shape index (κ1) is 10.0. The highest BCUT2D eigenvalue weighted by Crippen LogP contribution is 2.35. The molecule has 0 aromatic rings. The molecule has 1 saturated heterocycles. The Labute approximate surface area is 76.9 Å². The Hall–Kier alpha value is -0.0400. The molecule has 1 aliphatic heterocycles. The summed E-state index contributed by atoms with van der Waals surface area (Å²) in [6.45, 7) is 9.63. The van der Waals surface area contributed by atoms with E-state index in [1.807, 2.05) is 0 Å². The number of nitrogens with one attached hydrogen (secondary N) is 1. The van der Waals surface area contributed by atoms with Gasteiger partial charge in [0.15, 0.2) is 0 Å². The van der Waals surface area contributed by atoms with Crippen molar-refractivity contribution < 1.29 is 0 Å². The van der Waals surface area contributed by atoms with Gasteiger partial charge in [-0.2, -0.15) is 0 Å². The first-order valence-corrected chi connectivity index (χ1v) is 5.37. The minimum Gasteiger partial charge on any atom is -0.316 e. The summed E-state index contributed by atoms with van der Waals surface area (Å²) in [5.41, 5.74) is 0.569. The molecule has 0 bridgehead atoms. The van der Waals surface area contributed by atoms with Crippen LogP contribution in [0.1, 0.15) is 46.5 Å². The van der Waals surface area contributed by atoms with Gasteiger partial charge < -0.3 is 5.32 Å². The molecule has 1 atom stereocenters. The van der Waals surface area contributed by atoms with E-state index in [2.05, 4.69) is 26.1 Å². The fourth-order valence-corrected chi connectivity index (χ4v) is 2.16. The molecule has 1 heteroatoms. The van der Waals surface area contributed by atoms with Gasteiger partial charge in [0.05, 0.1) is 0 Å². The summed E-state index contributed by atoms with van der Waals surface area (Å²) >= 11 is 0. The molecule has 1 N–H and O–H groups in total. The van der Waals surface area contributed by atoms with Gasteiger partial charge in [-0.1, -0.05) is 33.6 Å². The van der Waals surface area contributed by atoms with E-state index in [-0.39, 0.29) is 0 Å². The third-order valence-corrected chi connectivity index (χ3v) is 3.34. The molecule has 0 radical (unpaired) electrons. The predicted octanol–water partition coefficient (Wildman–Crippen LogP) is 2.81. The van der Waals surface area contributed by atoms with Crippen LogP contribution in [0.3, 0.4) is 0 Å². The van der Waals surface area contributed by atoms with Crippen molar-refractivity contribution in [2.24, 2.45) is 11.3 Å². The van der Waals surface area contributed by atoms with Crippen LogP contribution in [-0.2, 0) is 0 Å². The number of unbranched alkanes of at least 4 members (excludes halogenated alkanes) is 1. The SMILES string of the molecule is CCCCC(C)(C)C1CCNC1. The third-order valence-electron chi connectivity index (χ3n) is 3.34. The summed E-state index contributed by atoms with van der Waals surface area (Å²) in [5, 5.41) is 3.45. The Morgan fingerprint density at radius 1 is 1.42 bits per heavy atom. The summed E-state index contributed by atoms with van der Waals surface area (Å²) in [4.78, 5) is 0. The normalized spacial score (nSPS) is 24.8. The second-order valence-electron chi connectivity index (χ2n) is 4.78.